The van der Waals surface area contributed by atoms with E-state index >= 15 is 0 Å². The zero-order chi connectivity index (χ0) is 35.0. The predicted octanol–water partition coefficient (Wildman–Crippen LogP) is 3.14. The zero-order valence-corrected chi connectivity index (χ0v) is 30.5. The summed E-state index contributed by atoms with van der Waals surface area (Å²) in [5, 5.41) is 8.05. The van der Waals surface area contributed by atoms with Gasteiger partial charge in [-0.2, -0.15) is 12.6 Å². The number of hydrogen-bond acceptors (Lipinski definition) is 8. The van der Waals surface area contributed by atoms with Gasteiger partial charge in [0, 0.05) is 5.75 Å². The first-order valence-electron chi connectivity index (χ1n) is 15.6. The molecule has 3 rings (SSSR count). The molecule has 3 N–H and O–H groups in total. The molecule has 0 saturated carbocycles. The number of nitrogens with one attached hydrogen (secondary N) is 3. The minimum atomic E-state index is -3.13. The van der Waals surface area contributed by atoms with Crippen LogP contribution in [0.25, 0.3) is 0 Å². The summed E-state index contributed by atoms with van der Waals surface area (Å²) in [6.07, 6.45) is 1.99. The summed E-state index contributed by atoms with van der Waals surface area (Å²) in [4.78, 5) is 61.8. The average molecular weight is 761 g/mol. The molecule has 3 amide bonds. The summed E-state index contributed by atoms with van der Waals surface area (Å²) >= 11 is 8.52. The third-order valence-electron chi connectivity index (χ3n) is 8.07. The van der Waals surface area contributed by atoms with Gasteiger partial charge in [0.05, 0.1) is 7.11 Å². The first-order valence-corrected chi connectivity index (χ1v) is 20.7. The Balaban J connectivity index is 1.65. The molecular weight excluding hydrogens is 717 g/mol. The minimum absolute atomic E-state index is 0.0203. The van der Waals surface area contributed by atoms with Crippen LogP contribution < -0.4 is 31.9 Å². The van der Waals surface area contributed by atoms with Gasteiger partial charge in [-0.05, 0) is 0 Å². The van der Waals surface area contributed by atoms with Gasteiger partial charge >= 0.3 is 239 Å². The van der Waals surface area contributed by atoms with Gasteiger partial charge in [0.25, 0.3) is 0 Å². The number of unbranched alkanes of at least 4 members (excludes halogenated alkanes) is 1. The van der Waals surface area contributed by atoms with Crippen molar-refractivity contribution in [2.24, 2.45) is 0 Å². The molecule has 0 aliphatic carbocycles. The normalized spacial score (nSPS) is 13.1. The van der Waals surface area contributed by atoms with Crippen LogP contribution in [-0.2, 0) is 33.4 Å². The van der Waals surface area contributed by atoms with Gasteiger partial charge in [-0.1, -0.05) is 0 Å². The maximum absolute atomic E-state index is 13.1. The van der Waals surface area contributed by atoms with E-state index in [2.05, 4.69) is 85.2 Å². The van der Waals surface area contributed by atoms with Gasteiger partial charge in [-0.3, -0.25) is 9.59 Å². The number of amides is 3. The molecule has 0 unspecified atom stereocenters. The first kappa shape index (κ1) is 38.7. The summed E-state index contributed by atoms with van der Waals surface area (Å²) in [5.74, 6) is -2.81. The Morgan fingerprint density at radius 1 is 0.708 bits per heavy atom. The second-order valence-electron chi connectivity index (χ2n) is 11.1. The Morgan fingerprint density at radius 2 is 1.19 bits per heavy atom. The van der Waals surface area contributed by atoms with Gasteiger partial charge in [-0.15, -0.1) is 0 Å². The zero-order valence-electron chi connectivity index (χ0n) is 27.1. The van der Waals surface area contributed by atoms with Crippen molar-refractivity contribution in [3.05, 3.63) is 91.0 Å². The summed E-state index contributed by atoms with van der Waals surface area (Å²) in [6.45, 7) is -0.351. The van der Waals surface area contributed by atoms with E-state index in [9.17, 15) is 24.0 Å². The van der Waals surface area contributed by atoms with Crippen molar-refractivity contribution in [1.29, 1.82) is 0 Å². The molecule has 0 bridgehead atoms. The summed E-state index contributed by atoms with van der Waals surface area (Å²) in [6, 6.07) is 29.2. The molecule has 13 heteroatoms. The number of hydrogen-bond donors (Lipinski definition) is 4. The van der Waals surface area contributed by atoms with Crippen molar-refractivity contribution in [3.8, 4) is 0 Å². The van der Waals surface area contributed by atoms with Crippen LogP contribution in [0.5, 0.6) is 0 Å². The number of ether oxygens (including phenoxy) is 2. The van der Waals surface area contributed by atoms with E-state index in [1.165, 1.54) is 30.1 Å². The van der Waals surface area contributed by atoms with E-state index in [0.29, 0.717) is 12.8 Å². The third-order valence-corrected chi connectivity index (χ3v) is 18.5. The molecule has 0 heterocycles. The van der Waals surface area contributed by atoms with Crippen LogP contribution in [0.4, 0.5) is 0 Å². The topological polar surface area (TPSA) is 140 Å². The molecule has 10 nitrogen and oxygen atoms in total. The van der Waals surface area contributed by atoms with Crippen molar-refractivity contribution in [1.82, 2.24) is 16.0 Å². The van der Waals surface area contributed by atoms with E-state index in [4.69, 9.17) is 4.74 Å². The Hall–Kier alpha value is -3.73. The van der Waals surface area contributed by atoms with E-state index in [0.717, 1.165) is 6.16 Å². The van der Waals surface area contributed by atoms with Crippen LogP contribution in [0.2, 0.25) is 0 Å². The monoisotopic (exact) mass is 759 g/mol. The van der Waals surface area contributed by atoms with Gasteiger partial charge < -0.3 is 10.1 Å². The number of halogens is 1. The molecule has 48 heavy (non-hydrogen) atoms. The summed E-state index contributed by atoms with van der Waals surface area (Å²) in [7, 11) is 2.40. The quantitative estimate of drug-likeness (QED) is 0.0677. The summed E-state index contributed by atoms with van der Waals surface area (Å²) < 4.78 is 9.37. The molecule has 0 aliphatic rings. The number of esters is 2. The molecule has 2 atom stereocenters. The molecule has 3 aromatic rings. The fourth-order valence-corrected chi connectivity index (χ4v) is 13.5. The number of methoxy groups -OCH3 is 2. The van der Waals surface area contributed by atoms with Crippen molar-refractivity contribution in [3.63, 3.8) is 0 Å². The number of carbonyl (C=O) groups is 5. The van der Waals surface area contributed by atoms with Crippen LogP contribution in [0.15, 0.2) is 91.0 Å². The van der Waals surface area contributed by atoms with Crippen LogP contribution in [0.1, 0.15) is 32.1 Å². The Kier molecular flexibility index (Phi) is 15.1. The molecular formula is C35H43BrN3O7PS. The standard InChI is InChI=1S/C35H43BrN3O7PS/c1-45-33(42)24-37-34(43)30(25-48)39-32(41)22-21-29(35(44)46-2)38-31(40)20-12-13-23-47(36,26-14-6-3-7-15-26,27-16-8-4-9-17-27)28-18-10-5-11-19-28/h3-11,14-19,29-30,48H,12-13,20-25H2,1-2H3,(H,37,43)(H,38,40)(H,39,41)/t29-,30-/m0/s1. The third kappa shape index (κ3) is 9.90. The van der Waals surface area contributed by atoms with Crippen LogP contribution >= 0.6 is 33.4 Å². The van der Waals surface area contributed by atoms with E-state index in [-0.39, 0.29) is 37.5 Å². The molecule has 3 aromatic carbocycles. The number of rotatable bonds is 18. The van der Waals surface area contributed by atoms with Crippen LogP contribution in [-0.4, -0.2) is 74.4 Å². The molecule has 0 aromatic heterocycles. The SMILES string of the molecule is COC(=O)CNC(=O)[C@H](CS)NC(=O)CC[C@H](NC(=O)CCCCP(Br)(c1ccccc1)(c1ccccc1)c1ccccc1)C(=O)OC. The van der Waals surface area contributed by atoms with E-state index in [1.54, 1.807) is 0 Å². The van der Waals surface area contributed by atoms with Crippen molar-refractivity contribution >= 4 is 79.0 Å². The average Bonchev–Trinajstić information content (AvgIpc) is 3.13. The second kappa shape index (κ2) is 18.7. The van der Waals surface area contributed by atoms with Crippen molar-refractivity contribution in [2.45, 2.75) is 44.2 Å². The van der Waals surface area contributed by atoms with Crippen LogP contribution in [0, 0.1) is 0 Å². The number of carbonyl (C=O) groups excluding carboxylic acids is 5. The van der Waals surface area contributed by atoms with E-state index in [1.807, 2.05) is 54.6 Å². The summed E-state index contributed by atoms with van der Waals surface area (Å²) in [5.41, 5.74) is 0. The molecule has 0 aliphatic heterocycles. The van der Waals surface area contributed by atoms with Crippen molar-refractivity contribution < 1.29 is 33.4 Å². The fraction of sp³-hybridized carbons (Fsp3) is 0.343. The van der Waals surface area contributed by atoms with Crippen LogP contribution in [0.3, 0.4) is 0 Å². The predicted molar refractivity (Wildman–Crippen MR) is 197 cm³/mol. The van der Waals surface area contributed by atoms with Gasteiger partial charge in [0.15, 0.2) is 0 Å². The van der Waals surface area contributed by atoms with Gasteiger partial charge in [0.2, 0.25) is 5.91 Å². The molecule has 0 fully saturated rings. The Morgan fingerprint density at radius 3 is 1.65 bits per heavy atom. The van der Waals surface area contributed by atoms with Gasteiger partial charge in [0.1, 0.15) is 6.54 Å². The molecule has 0 saturated heterocycles. The Labute approximate surface area is 295 Å². The van der Waals surface area contributed by atoms with Gasteiger partial charge in [-0.25, -0.2) is 0 Å². The van der Waals surface area contributed by atoms with E-state index < -0.39 is 41.1 Å². The molecule has 0 radical (unpaired) electrons. The number of thiol groups is 1. The molecule has 0 spiro atoms. The first-order chi connectivity index (χ1) is 23.1. The van der Waals surface area contributed by atoms with Crippen molar-refractivity contribution in [2.75, 3.05) is 32.7 Å². The second-order valence-corrected chi connectivity index (χ2v) is 20.6. The Bertz CT molecular complexity index is 1430. The number of benzene rings is 3. The molecule has 258 valence electrons. The fourth-order valence-electron chi connectivity index (χ4n) is 5.49. The maximum atomic E-state index is 13.1.